The molecule has 0 unspecified atom stereocenters. The molecule has 124 valence electrons. The van der Waals surface area contributed by atoms with Gasteiger partial charge in [0.25, 0.3) is 5.91 Å². The molecule has 0 saturated heterocycles. The minimum absolute atomic E-state index is 0.0304. The molecule has 23 heavy (non-hydrogen) atoms. The van der Waals surface area contributed by atoms with E-state index in [1.165, 1.54) is 18.7 Å². The lowest BCUT2D eigenvalue weighted by atomic mass is 10.0. The molecule has 0 saturated carbocycles. The number of hydrogen-bond donors (Lipinski definition) is 1. The van der Waals surface area contributed by atoms with E-state index >= 15 is 0 Å². The summed E-state index contributed by atoms with van der Waals surface area (Å²) in [6.45, 7) is 6.37. The Kier molecular flexibility index (Phi) is 5.62. The third kappa shape index (κ3) is 4.74. The molecule has 1 aromatic rings. The number of carbonyl (C=O) groups is 2. The van der Waals surface area contributed by atoms with Gasteiger partial charge in [-0.25, -0.2) is 4.79 Å². The van der Waals surface area contributed by atoms with Crippen molar-refractivity contribution in [3.63, 3.8) is 0 Å². The lowest BCUT2D eigenvalue weighted by Crippen LogP contribution is -2.31. The fourth-order valence-corrected chi connectivity index (χ4v) is 1.94. The minimum atomic E-state index is -0.946. The zero-order valence-corrected chi connectivity index (χ0v) is 13.5. The summed E-state index contributed by atoms with van der Waals surface area (Å²) >= 11 is 0. The van der Waals surface area contributed by atoms with Crippen LogP contribution in [0, 0.1) is 0 Å². The van der Waals surface area contributed by atoms with E-state index in [9.17, 15) is 9.59 Å². The molecule has 6 nitrogen and oxygen atoms in total. The quantitative estimate of drug-likeness (QED) is 0.844. The molecule has 0 aromatic heterocycles. The summed E-state index contributed by atoms with van der Waals surface area (Å²) in [5, 5.41) is 2.71. The van der Waals surface area contributed by atoms with Gasteiger partial charge in [-0.2, -0.15) is 0 Å². The SMILES string of the molecule is CC(C)c1ccc(NC(=O)[C@H](C)OC(=O)C2=COCCO2)cc1. The Morgan fingerprint density at radius 3 is 2.39 bits per heavy atom. The van der Waals surface area contributed by atoms with Crippen molar-refractivity contribution >= 4 is 17.6 Å². The van der Waals surface area contributed by atoms with Gasteiger partial charge in [0.15, 0.2) is 6.10 Å². The predicted octanol–water partition coefficient (Wildman–Crippen LogP) is 2.57. The van der Waals surface area contributed by atoms with E-state index in [1.54, 1.807) is 0 Å². The number of esters is 1. The highest BCUT2D eigenvalue weighted by atomic mass is 16.6. The minimum Gasteiger partial charge on any atom is -0.493 e. The van der Waals surface area contributed by atoms with Gasteiger partial charge in [0.2, 0.25) is 5.76 Å². The second-order valence-corrected chi connectivity index (χ2v) is 5.51. The summed E-state index contributed by atoms with van der Waals surface area (Å²) in [5.74, 6) is -0.738. The molecule has 0 radical (unpaired) electrons. The topological polar surface area (TPSA) is 73.9 Å². The standard InChI is InChI=1S/C17H21NO5/c1-11(2)13-4-6-14(7-5-13)18-16(19)12(3)23-17(20)15-10-21-8-9-22-15/h4-7,10-12H,8-9H2,1-3H3,(H,18,19)/t12-/m0/s1. The van der Waals surface area contributed by atoms with Crippen molar-refractivity contribution < 1.29 is 23.8 Å². The van der Waals surface area contributed by atoms with Gasteiger partial charge in [-0.1, -0.05) is 26.0 Å². The third-order valence-corrected chi connectivity index (χ3v) is 3.35. The van der Waals surface area contributed by atoms with E-state index in [1.807, 2.05) is 24.3 Å². The fraction of sp³-hybridized carbons (Fsp3) is 0.412. The number of carbonyl (C=O) groups excluding carboxylic acids is 2. The van der Waals surface area contributed by atoms with Crippen LogP contribution < -0.4 is 5.32 Å². The number of benzene rings is 1. The fourth-order valence-electron chi connectivity index (χ4n) is 1.94. The van der Waals surface area contributed by atoms with Crippen LogP contribution in [0.5, 0.6) is 0 Å². The monoisotopic (exact) mass is 319 g/mol. The van der Waals surface area contributed by atoms with Gasteiger partial charge in [-0.3, -0.25) is 4.79 Å². The number of rotatable bonds is 5. The first kappa shape index (κ1) is 16.9. The van der Waals surface area contributed by atoms with Gasteiger partial charge in [0, 0.05) is 5.69 Å². The zero-order chi connectivity index (χ0) is 16.8. The van der Waals surface area contributed by atoms with E-state index in [0.717, 1.165) is 0 Å². The molecule has 2 rings (SSSR count). The number of hydrogen-bond acceptors (Lipinski definition) is 5. The van der Waals surface area contributed by atoms with Gasteiger partial charge < -0.3 is 19.5 Å². The Balaban J connectivity index is 1.89. The highest BCUT2D eigenvalue weighted by Crippen LogP contribution is 2.17. The summed E-state index contributed by atoms with van der Waals surface area (Å²) in [4.78, 5) is 23.9. The van der Waals surface area contributed by atoms with E-state index < -0.39 is 18.0 Å². The van der Waals surface area contributed by atoms with Crippen LogP contribution in [-0.2, 0) is 23.8 Å². The first-order chi connectivity index (χ1) is 11.0. The lowest BCUT2D eigenvalue weighted by Gasteiger charge is -2.17. The van der Waals surface area contributed by atoms with Crippen LogP contribution in [0.3, 0.4) is 0 Å². The molecule has 1 amide bonds. The Morgan fingerprint density at radius 1 is 1.13 bits per heavy atom. The molecule has 1 heterocycles. The second-order valence-electron chi connectivity index (χ2n) is 5.51. The van der Waals surface area contributed by atoms with E-state index in [4.69, 9.17) is 14.2 Å². The Bertz CT molecular complexity index is 592. The van der Waals surface area contributed by atoms with Crippen molar-refractivity contribution in [2.24, 2.45) is 0 Å². The van der Waals surface area contributed by atoms with Gasteiger partial charge in [-0.15, -0.1) is 0 Å². The average molecular weight is 319 g/mol. The zero-order valence-electron chi connectivity index (χ0n) is 13.5. The Hall–Kier alpha value is -2.50. The van der Waals surface area contributed by atoms with E-state index in [0.29, 0.717) is 18.2 Å². The molecule has 1 N–H and O–H groups in total. The van der Waals surface area contributed by atoms with Crippen LogP contribution in [0.2, 0.25) is 0 Å². The van der Waals surface area contributed by atoms with Crippen molar-refractivity contribution in [3.8, 4) is 0 Å². The van der Waals surface area contributed by atoms with Crippen molar-refractivity contribution in [3.05, 3.63) is 41.9 Å². The first-order valence-electron chi connectivity index (χ1n) is 7.53. The maximum atomic E-state index is 12.1. The normalized spacial score (nSPS) is 15.0. The third-order valence-electron chi connectivity index (χ3n) is 3.35. The number of ether oxygens (including phenoxy) is 3. The molecule has 0 spiro atoms. The average Bonchev–Trinajstić information content (AvgIpc) is 2.56. The lowest BCUT2D eigenvalue weighted by molar-refractivity contribution is -0.153. The van der Waals surface area contributed by atoms with Gasteiger partial charge in [0.05, 0.1) is 0 Å². The summed E-state index contributed by atoms with van der Waals surface area (Å²) in [6, 6.07) is 7.55. The summed E-state index contributed by atoms with van der Waals surface area (Å²) < 4.78 is 15.1. The number of anilines is 1. The van der Waals surface area contributed by atoms with Crippen LogP contribution in [-0.4, -0.2) is 31.2 Å². The van der Waals surface area contributed by atoms with Gasteiger partial charge in [-0.05, 0) is 30.5 Å². The highest BCUT2D eigenvalue weighted by molar-refractivity contribution is 5.96. The van der Waals surface area contributed by atoms with Crippen molar-refractivity contribution in [2.75, 3.05) is 18.5 Å². The summed E-state index contributed by atoms with van der Waals surface area (Å²) in [5.41, 5.74) is 1.84. The van der Waals surface area contributed by atoms with Crippen LogP contribution in [0.4, 0.5) is 5.69 Å². The van der Waals surface area contributed by atoms with Crippen LogP contribution >= 0.6 is 0 Å². The number of amides is 1. The smallest absolute Gasteiger partial charge is 0.377 e. The first-order valence-corrected chi connectivity index (χ1v) is 7.53. The van der Waals surface area contributed by atoms with Crippen LogP contribution in [0.25, 0.3) is 0 Å². The van der Waals surface area contributed by atoms with Gasteiger partial charge >= 0.3 is 5.97 Å². The van der Waals surface area contributed by atoms with Crippen molar-refractivity contribution in [2.45, 2.75) is 32.8 Å². The van der Waals surface area contributed by atoms with Crippen molar-refractivity contribution in [1.82, 2.24) is 0 Å². The molecule has 0 aliphatic carbocycles. The van der Waals surface area contributed by atoms with Crippen LogP contribution in [0.1, 0.15) is 32.3 Å². The molecule has 6 heteroatoms. The molecule has 1 atom stereocenters. The molecule has 1 aromatic carbocycles. The molecular formula is C17H21NO5. The summed E-state index contributed by atoms with van der Waals surface area (Å²) in [6.07, 6.45) is 0.250. The predicted molar refractivity (Wildman–Crippen MR) is 84.7 cm³/mol. The molecule has 1 aliphatic rings. The molecule has 1 aliphatic heterocycles. The highest BCUT2D eigenvalue weighted by Gasteiger charge is 2.23. The Morgan fingerprint density at radius 2 is 1.83 bits per heavy atom. The second kappa shape index (κ2) is 7.67. The van der Waals surface area contributed by atoms with E-state index in [2.05, 4.69) is 19.2 Å². The maximum absolute atomic E-state index is 12.1. The van der Waals surface area contributed by atoms with E-state index in [-0.39, 0.29) is 12.4 Å². The largest absolute Gasteiger partial charge is 0.493 e. The van der Waals surface area contributed by atoms with Crippen molar-refractivity contribution in [1.29, 1.82) is 0 Å². The van der Waals surface area contributed by atoms with Gasteiger partial charge in [0.1, 0.15) is 19.5 Å². The Labute approximate surface area is 135 Å². The maximum Gasteiger partial charge on any atom is 0.377 e. The molecule has 0 fully saturated rings. The molecular weight excluding hydrogens is 298 g/mol. The summed E-state index contributed by atoms with van der Waals surface area (Å²) in [7, 11) is 0. The molecule has 0 bridgehead atoms. The number of nitrogens with one attached hydrogen (secondary N) is 1. The van der Waals surface area contributed by atoms with Crippen LogP contribution in [0.15, 0.2) is 36.3 Å².